The van der Waals surface area contributed by atoms with Crippen molar-refractivity contribution < 1.29 is 5.11 Å². The van der Waals surface area contributed by atoms with Crippen LogP contribution < -0.4 is 5.32 Å². The number of fused-ring (bicyclic) bond motifs is 1. The zero-order chi connectivity index (χ0) is 14.0. The molecule has 0 aromatic carbocycles. The first-order chi connectivity index (χ1) is 9.79. The monoisotopic (exact) mass is 280 g/mol. The Morgan fingerprint density at radius 3 is 2.80 bits per heavy atom. The molecule has 3 fully saturated rings. The van der Waals surface area contributed by atoms with E-state index >= 15 is 0 Å². The second kappa shape index (κ2) is 6.33. The maximum absolute atomic E-state index is 9.80. The minimum absolute atomic E-state index is 0.0187. The van der Waals surface area contributed by atoms with Crippen LogP contribution in [-0.2, 0) is 0 Å². The Hall–Kier alpha value is -0.120. The summed E-state index contributed by atoms with van der Waals surface area (Å²) in [7, 11) is 2.03. The summed E-state index contributed by atoms with van der Waals surface area (Å²) >= 11 is 0. The topological polar surface area (TPSA) is 35.5 Å². The van der Waals surface area contributed by atoms with Gasteiger partial charge in [-0.05, 0) is 76.9 Å². The number of rotatable bonds is 5. The highest BCUT2D eigenvalue weighted by atomic mass is 16.3. The smallest absolute Gasteiger partial charge is 0.0615 e. The Morgan fingerprint density at radius 1 is 1.15 bits per heavy atom. The van der Waals surface area contributed by atoms with Crippen LogP contribution in [0, 0.1) is 11.8 Å². The lowest BCUT2D eigenvalue weighted by Crippen LogP contribution is -2.51. The largest absolute Gasteiger partial charge is 0.394 e. The third-order valence-corrected chi connectivity index (χ3v) is 6.61. The summed E-state index contributed by atoms with van der Waals surface area (Å²) in [6.07, 6.45) is 12.2. The van der Waals surface area contributed by atoms with Gasteiger partial charge in [-0.15, -0.1) is 0 Å². The second-order valence-corrected chi connectivity index (χ2v) is 7.38. The highest BCUT2D eigenvalue weighted by Crippen LogP contribution is 2.40. The van der Waals surface area contributed by atoms with Gasteiger partial charge in [0.2, 0.25) is 0 Å². The molecule has 0 radical (unpaired) electrons. The SMILES string of the molecule is CNC1(CO)CCCC1CCN1CCCC2CCCC21. The van der Waals surface area contributed by atoms with Crippen LogP contribution in [0.5, 0.6) is 0 Å². The van der Waals surface area contributed by atoms with Crippen LogP contribution in [0.3, 0.4) is 0 Å². The summed E-state index contributed by atoms with van der Waals surface area (Å²) in [5.41, 5.74) is 0.0187. The van der Waals surface area contributed by atoms with Gasteiger partial charge in [-0.3, -0.25) is 0 Å². The maximum Gasteiger partial charge on any atom is 0.0615 e. The predicted molar refractivity (Wildman–Crippen MR) is 82.8 cm³/mol. The molecule has 0 aromatic rings. The van der Waals surface area contributed by atoms with Crippen molar-refractivity contribution in [2.45, 2.75) is 69.4 Å². The van der Waals surface area contributed by atoms with Gasteiger partial charge in [0.05, 0.1) is 6.61 Å². The van der Waals surface area contributed by atoms with E-state index in [-0.39, 0.29) is 5.54 Å². The van der Waals surface area contributed by atoms with E-state index in [2.05, 4.69) is 10.2 Å². The van der Waals surface area contributed by atoms with E-state index in [4.69, 9.17) is 0 Å². The van der Waals surface area contributed by atoms with Gasteiger partial charge >= 0.3 is 0 Å². The molecule has 0 amide bonds. The van der Waals surface area contributed by atoms with Crippen LogP contribution in [0.25, 0.3) is 0 Å². The van der Waals surface area contributed by atoms with Crippen molar-refractivity contribution in [2.24, 2.45) is 11.8 Å². The summed E-state index contributed by atoms with van der Waals surface area (Å²) in [6.45, 7) is 2.88. The number of likely N-dealkylation sites (N-methyl/N-ethyl adjacent to an activating group) is 1. The minimum atomic E-state index is 0.0187. The number of hydrogen-bond donors (Lipinski definition) is 2. The summed E-state index contributed by atoms with van der Waals surface area (Å²) in [5.74, 6) is 1.67. The average molecular weight is 280 g/mol. The van der Waals surface area contributed by atoms with Crippen molar-refractivity contribution in [3.63, 3.8) is 0 Å². The molecule has 2 saturated carbocycles. The molecule has 1 saturated heterocycles. The summed E-state index contributed by atoms with van der Waals surface area (Å²) in [6, 6.07) is 0.892. The molecule has 4 unspecified atom stereocenters. The molecular weight excluding hydrogens is 248 g/mol. The van der Waals surface area contributed by atoms with Gasteiger partial charge in [-0.25, -0.2) is 0 Å². The van der Waals surface area contributed by atoms with E-state index in [0.717, 1.165) is 18.4 Å². The van der Waals surface area contributed by atoms with E-state index < -0.39 is 0 Å². The fraction of sp³-hybridized carbons (Fsp3) is 1.00. The first-order valence-electron chi connectivity index (χ1n) is 8.83. The number of aliphatic hydroxyl groups is 1. The quantitative estimate of drug-likeness (QED) is 0.812. The van der Waals surface area contributed by atoms with Crippen LogP contribution in [0.1, 0.15) is 57.8 Å². The van der Waals surface area contributed by atoms with E-state index in [0.29, 0.717) is 12.5 Å². The highest BCUT2D eigenvalue weighted by Gasteiger charge is 2.42. The molecule has 1 aliphatic heterocycles. The number of nitrogens with zero attached hydrogens (tertiary/aromatic N) is 1. The summed E-state index contributed by atoms with van der Waals surface area (Å²) in [4.78, 5) is 2.79. The molecule has 0 bridgehead atoms. The standard InChI is InChI=1S/C17H32N2O/c1-18-17(13-20)10-3-7-15(17)9-12-19-11-4-6-14-5-2-8-16(14)19/h14-16,18,20H,2-13H2,1H3. The summed E-state index contributed by atoms with van der Waals surface area (Å²) < 4.78 is 0. The highest BCUT2D eigenvalue weighted by molar-refractivity contribution is 4.99. The zero-order valence-corrected chi connectivity index (χ0v) is 13.1. The minimum Gasteiger partial charge on any atom is -0.394 e. The van der Waals surface area contributed by atoms with Crippen LogP contribution in [0.4, 0.5) is 0 Å². The molecular formula is C17H32N2O. The number of hydrogen-bond acceptors (Lipinski definition) is 3. The van der Waals surface area contributed by atoms with E-state index in [1.165, 1.54) is 64.5 Å². The number of aliphatic hydroxyl groups excluding tert-OH is 1. The lowest BCUT2D eigenvalue weighted by Gasteiger charge is -2.40. The van der Waals surface area contributed by atoms with Crippen molar-refractivity contribution >= 4 is 0 Å². The number of likely N-dealkylation sites (tertiary alicyclic amines) is 1. The molecule has 1 heterocycles. The van der Waals surface area contributed by atoms with Crippen molar-refractivity contribution in [2.75, 3.05) is 26.7 Å². The number of nitrogens with one attached hydrogen (secondary N) is 1. The van der Waals surface area contributed by atoms with E-state index in [1.807, 2.05) is 7.05 Å². The van der Waals surface area contributed by atoms with Crippen molar-refractivity contribution in [1.82, 2.24) is 10.2 Å². The Labute approximate surface area is 124 Å². The average Bonchev–Trinajstić information content (AvgIpc) is 3.12. The lowest BCUT2D eigenvalue weighted by molar-refractivity contribution is 0.0837. The van der Waals surface area contributed by atoms with Gasteiger partial charge in [0.15, 0.2) is 0 Å². The molecule has 0 spiro atoms. The third kappa shape index (κ3) is 2.65. The van der Waals surface area contributed by atoms with Gasteiger partial charge in [-0.1, -0.05) is 12.8 Å². The van der Waals surface area contributed by atoms with Crippen LogP contribution >= 0.6 is 0 Å². The van der Waals surface area contributed by atoms with Gasteiger partial charge < -0.3 is 15.3 Å². The maximum atomic E-state index is 9.80. The summed E-state index contributed by atoms with van der Waals surface area (Å²) in [5, 5.41) is 13.2. The van der Waals surface area contributed by atoms with Crippen LogP contribution in [0.2, 0.25) is 0 Å². The molecule has 2 aliphatic carbocycles. The molecule has 0 aromatic heterocycles. The fourth-order valence-electron chi connectivity index (χ4n) is 5.34. The predicted octanol–water partition coefficient (Wildman–Crippen LogP) is 2.39. The van der Waals surface area contributed by atoms with Crippen molar-refractivity contribution in [3.8, 4) is 0 Å². The molecule has 3 rings (SSSR count). The second-order valence-electron chi connectivity index (χ2n) is 7.38. The van der Waals surface area contributed by atoms with Crippen molar-refractivity contribution in [1.29, 1.82) is 0 Å². The Kier molecular flexibility index (Phi) is 4.68. The Bertz CT molecular complexity index is 316. The molecule has 4 atom stereocenters. The van der Waals surface area contributed by atoms with Gasteiger partial charge in [0.25, 0.3) is 0 Å². The normalized spacial score (nSPS) is 42.0. The molecule has 20 heavy (non-hydrogen) atoms. The van der Waals surface area contributed by atoms with Crippen molar-refractivity contribution in [3.05, 3.63) is 0 Å². The van der Waals surface area contributed by atoms with Gasteiger partial charge in [-0.2, -0.15) is 0 Å². The van der Waals surface area contributed by atoms with Gasteiger partial charge in [0.1, 0.15) is 0 Å². The van der Waals surface area contributed by atoms with Crippen LogP contribution in [-0.4, -0.2) is 48.3 Å². The molecule has 3 aliphatic rings. The molecule has 116 valence electrons. The molecule has 2 N–H and O–H groups in total. The van der Waals surface area contributed by atoms with Gasteiger partial charge in [0, 0.05) is 11.6 Å². The van der Waals surface area contributed by atoms with E-state index in [9.17, 15) is 5.11 Å². The van der Waals surface area contributed by atoms with E-state index in [1.54, 1.807) is 0 Å². The lowest BCUT2D eigenvalue weighted by atomic mass is 9.84. The first kappa shape index (κ1) is 14.8. The molecule has 3 nitrogen and oxygen atoms in total. The first-order valence-corrected chi connectivity index (χ1v) is 8.83. The zero-order valence-electron chi connectivity index (χ0n) is 13.1. The third-order valence-electron chi connectivity index (χ3n) is 6.61. The number of piperidine rings is 1. The Balaban J connectivity index is 1.56. The van der Waals surface area contributed by atoms with Crippen LogP contribution in [0.15, 0.2) is 0 Å². The molecule has 3 heteroatoms. The Morgan fingerprint density at radius 2 is 2.00 bits per heavy atom. The fourth-order valence-corrected chi connectivity index (χ4v) is 5.34.